The Balaban J connectivity index is 1.33. The first-order chi connectivity index (χ1) is 14.6. The number of hydrogen-bond donors (Lipinski definition) is 1. The number of carbonyl (C=O) groups excluding carboxylic acids is 1. The molecule has 156 valence electrons. The summed E-state index contributed by atoms with van der Waals surface area (Å²) in [6.07, 6.45) is 0. The van der Waals surface area contributed by atoms with Gasteiger partial charge in [-0.25, -0.2) is 0 Å². The minimum atomic E-state index is 0.0663. The van der Waals surface area contributed by atoms with E-state index in [9.17, 15) is 4.79 Å². The molecule has 0 atom stereocenters. The Labute approximate surface area is 177 Å². The molecule has 0 spiro atoms. The van der Waals surface area contributed by atoms with E-state index in [0.29, 0.717) is 17.9 Å². The normalized spacial score (nSPS) is 14.7. The highest BCUT2D eigenvalue weighted by Gasteiger charge is 2.24. The molecule has 4 rings (SSSR count). The van der Waals surface area contributed by atoms with Crippen molar-refractivity contribution in [3.63, 3.8) is 0 Å². The monoisotopic (exact) mass is 406 g/mol. The zero-order valence-electron chi connectivity index (χ0n) is 17.6. The van der Waals surface area contributed by atoms with Crippen molar-refractivity contribution in [1.29, 1.82) is 0 Å². The van der Waals surface area contributed by atoms with Crippen molar-refractivity contribution in [2.75, 3.05) is 26.2 Å². The molecule has 3 aromatic rings. The molecule has 1 amide bonds. The van der Waals surface area contributed by atoms with Crippen LogP contribution in [0.4, 0.5) is 0 Å². The van der Waals surface area contributed by atoms with Gasteiger partial charge in [-0.15, -0.1) is 0 Å². The van der Waals surface area contributed by atoms with Gasteiger partial charge in [-0.1, -0.05) is 41.6 Å². The minimum Gasteiger partial charge on any atom is -0.489 e. The largest absolute Gasteiger partial charge is 0.489 e. The molecule has 1 saturated heterocycles. The van der Waals surface area contributed by atoms with Crippen LogP contribution >= 0.6 is 0 Å². The number of carbonyl (C=O) groups is 1. The van der Waals surface area contributed by atoms with Crippen LogP contribution < -0.4 is 9.64 Å². The topological polar surface area (TPSA) is 60.0 Å². The van der Waals surface area contributed by atoms with Gasteiger partial charge in [0.15, 0.2) is 0 Å². The number of quaternary nitrogens is 1. The maximum absolute atomic E-state index is 13.0. The van der Waals surface area contributed by atoms with E-state index in [2.05, 4.69) is 29.4 Å². The average Bonchev–Trinajstić information content (AvgIpc) is 3.10. The molecule has 1 aliphatic rings. The molecule has 1 N–H and O–H groups in total. The lowest BCUT2D eigenvalue weighted by molar-refractivity contribution is -0.917. The Morgan fingerprint density at radius 3 is 2.57 bits per heavy atom. The lowest BCUT2D eigenvalue weighted by Crippen LogP contribution is -3.13. The van der Waals surface area contributed by atoms with Crippen molar-refractivity contribution < 1.29 is 19.0 Å². The third-order valence-corrected chi connectivity index (χ3v) is 5.70. The van der Waals surface area contributed by atoms with Gasteiger partial charge in [-0.05, 0) is 32.0 Å². The standard InChI is InChI=1S/C24H27N3O3/c1-18-23(19(2)30-25-18)17-29-22-10-6-9-21(15-22)24(28)27-13-11-26(12-14-27)16-20-7-4-3-5-8-20/h3-10,15H,11-14,16-17H2,1-2H3/p+1. The lowest BCUT2D eigenvalue weighted by atomic mass is 10.1. The number of aromatic nitrogens is 1. The zero-order chi connectivity index (χ0) is 20.9. The number of rotatable bonds is 6. The van der Waals surface area contributed by atoms with Crippen molar-refractivity contribution in [2.24, 2.45) is 0 Å². The molecule has 0 bridgehead atoms. The predicted octanol–water partition coefficient (Wildman–Crippen LogP) is 2.41. The number of aryl methyl sites for hydroxylation is 2. The minimum absolute atomic E-state index is 0.0663. The van der Waals surface area contributed by atoms with Gasteiger partial charge in [0.1, 0.15) is 24.7 Å². The number of piperazine rings is 1. The van der Waals surface area contributed by atoms with E-state index in [0.717, 1.165) is 49.7 Å². The van der Waals surface area contributed by atoms with Gasteiger partial charge in [-0.3, -0.25) is 4.79 Å². The summed E-state index contributed by atoms with van der Waals surface area (Å²) in [5.41, 5.74) is 3.79. The van der Waals surface area contributed by atoms with Crippen molar-refractivity contribution in [1.82, 2.24) is 10.1 Å². The second-order valence-electron chi connectivity index (χ2n) is 7.82. The maximum Gasteiger partial charge on any atom is 0.254 e. The highest BCUT2D eigenvalue weighted by molar-refractivity contribution is 5.94. The molecule has 6 nitrogen and oxygen atoms in total. The zero-order valence-corrected chi connectivity index (χ0v) is 17.6. The summed E-state index contributed by atoms with van der Waals surface area (Å²) in [5, 5.41) is 3.95. The molecule has 1 aromatic heterocycles. The fourth-order valence-electron chi connectivity index (χ4n) is 3.85. The molecular weight excluding hydrogens is 378 g/mol. The van der Waals surface area contributed by atoms with Crippen LogP contribution in [0.25, 0.3) is 0 Å². The van der Waals surface area contributed by atoms with Crippen LogP contribution in [0.3, 0.4) is 0 Å². The highest BCUT2D eigenvalue weighted by atomic mass is 16.5. The van der Waals surface area contributed by atoms with E-state index >= 15 is 0 Å². The Bertz CT molecular complexity index is 972. The summed E-state index contributed by atoms with van der Waals surface area (Å²) in [5.74, 6) is 1.50. The molecule has 1 fully saturated rings. The molecule has 30 heavy (non-hydrogen) atoms. The predicted molar refractivity (Wildman–Crippen MR) is 113 cm³/mol. The summed E-state index contributed by atoms with van der Waals surface area (Å²) in [6.45, 7) is 8.61. The molecule has 6 heteroatoms. The number of hydrogen-bond acceptors (Lipinski definition) is 4. The van der Waals surface area contributed by atoms with E-state index in [-0.39, 0.29) is 5.91 Å². The molecule has 0 aliphatic carbocycles. The number of benzene rings is 2. The summed E-state index contributed by atoms with van der Waals surface area (Å²) in [4.78, 5) is 16.5. The number of amides is 1. The van der Waals surface area contributed by atoms with Crippen molar-refractivity contribution in [2.45, 2.75) is 27.0 Å². The average molecular weight is 407 g/mol. The van der Waals surface area contributed by atoms with Gasteiger partial charge < -0.3 is 19.1 Å². The van der Waals surface area contributed by atoms with E-state index in [1.54, 1.807) is 0 Å². The quantitative estimate of drug-likeness (QED) is 0.683. The smallest absolute Gasteiger partial charge is 0.254 e. The first-order valence-electron chi connectivity index (χ1n) is 10.4. The molecule has 0 saturated carbocycles. The van der Waals surface area contributed by atoms with Crippen LogP contribution in [0.5, 0.6) is 5.75 Å². The molecule has 1 aliphatic heterocycles. The SMILES string of the molecule is Cc1noc(C)c1COc1cccc(C(=O)N2CC[NH+](Cc3ccccc3)CC2)c1. The third-order valence-electron chi connectivity index (χ3n) is 5.70. The Morgan fingerprint density at radius 1 is 1.10 bits per heavy atom. The van der Waals surface area contributed by atoms with Crippen LogP contribution in [-0.4, -0.2) is 42.1 Å². The molecule has 0 unspecified atom stereocenters. The van der Waals surface area contributed by atoms with Crippen LogP contribution in [0, 0.1) is 13.8 Å². The summed E-state index contributed by atoms with van der Waals surface area (Å²) < 4.78 is 11.1. The maximum atomic E-state index is 13.0. The van der Waals surface area contributed by atoms with Gasteiger partial charge in [0.05, 0.1) is 37.4 Å². The number of nitrogens with zero attached hydrogens (tertiary/aromatic N) is 2. The highest BCUT2D eigenvalue weighted by Crippen LogP contribution is 2.19. The number of nitrogens with one attached hydrogen (secondary N) is 1. The summed E-state index contributed by atoms with van der Waals surface area (Å²) in [7, 11) is 0. The second-order valence-corrected chi connectivity index (χ2v) is 7.82. The first kappa shape index (κ1) is 20.2. The number of ether oxygens (including phenoxy) is 1. The van der Waals surface area contributed by atoms with Crippen LogP contribution in [0.2, 0.25) is 0 Å². The Morgan fingerprint density at radius 2 is 1.87 bits per heavy atom. The van der Waals surface area contributed by atoms with Crippen molar-refractivity contribution >= 4 is 5.91 Å². The van der Waals surface area contributed by atoms with Gasteiger partial charge in [-0.2, -0.15) is 0 Å². The Hall–Kier alpha value is -3.12. The summed E-state index contributed by atoms with van der Waals surface area (Å²) in [6, 6.07) is 17.9. The Kier molecular flexibility index (Phi) is 6.14. The molecule has 2 heterocycles. The van der Waals surface area contributed by atoms with Gasteiger partial charge in [0, 0.05) is 11.1 Å². The van der Waals surface area contributed by atoms with Crippen LogP contribution in [0.1, 0.15) is 32.9 Å². The molecule has 2 aromatic carbocycles. The van der Waals surface area contributed by atoms with E-state index in [1.165, 1.54) is 10.5 Å². The molecule has 0 radical (unpaired) electrons. The van der Waals surface area contributed by atoms with Crippen LogP contribution in [0.15, 0.2) is 59.1 Å². The van der Waals surface area contributed by atoms with Gasteiger partial charge in [0.25, 0.3) is 5.91 Å². The fourth-order valence-corrected chi connectivity index (χ4v) is 3.85. The van der Waals surface area contributed by atoms with Gasteiger partial charge in [0.2, 0.25) is 0 Å². The fraction of sp³-hybridized carbons (Fsp3) is 0.333. The summed E-state index contributed by atoms with van der Waals surface area (Å²) >= 11 is 0. The van der Waals surface area contributed by atoms with E-state index < -0.39 is 0 Å². The first-order valence-corrected chi connectivity index (χ1v) is 10.4. The van der Waals surface area contributed by atoms with E-state index in [1.807, 2.05) is 49.1 Å². The van der Waals surface area contributed by atoms with Crippen molar-refractivity contribution in [3.05, 3.63) is 82.7 Å². The van der Waals surface area contributed by atoms with Gasteiger partial charge >= 0.3 is 0 Å². The second kappa shape index (κ2) is 9.13. The van der Waals surface area contributed by atoms with E-state index in [4.69, 9.17) is 9.26 Å². The van der Waals surface area contributed by atoms with Crippen LogP contribution in [-0.2, 0) is 13.2 Å². The lowest BCUT2D eigenvalue weighted by Gasteiger charge is -2.32. The van der Waals surface area contributed by atoms with Crippen molar-refractivity contribution in [3.8, 4) is 5.75 Å². The third kappa shape index (κ3) is 4.71. The molecular formula is C24H28N3O3+.